The molecule has 148 valence electrons. The van der Waals surface area contributed by atoms with Crippen molar-refractivity contribution in [1.29, 1.82) is 0 Å². The predicted molar refractivity (Wildman–Crippen MR) is 112 cm³/mol. The van der Waals surface area contributed by atoms with Crippen LogP contribution in [0.3, 0.4) is 0 Å². The fourth-order valence-electron chi connectivity index (χ4n) is 2.82. The molecule has 4 N–H and O–H groups in total. The van der Waals surface area contributed by atoms with E-state index < -0.39 is 11.7 Å². The van der Waals surface area contributed by atoms with Gasteiger partial charge in [0.05, 0.1) is 11.3 Å². The summed E-state index contributed by atoms with van der Waals surface area (Å²) in [4.78, 5) is 12.8. The van der Waals surface area contributed by atoms with E-state index in [2.05, 4.69) is 5.32 Å². The lowest BCUT2D eigenvalue weighted by Crippen LogP contribution is -2.28. The Morgan fingerprint density at radius 3 is 2.32 bits per heavy atom. The molecule has 5 heteroatoms. The third-order valence-corrected chi connectivity index (χ3v) is 4.86. The zero-order valence-electron chi connectivity index (χ0n) is 16.7. The Balaban J connectivity index is 2.31. The highest BCUT2D eigenvalue weighted by molar-refractivity contribution is 6.01. The van der Waals surface area contributed by atoms with Crippen molar-refractivity contribution in [3.8, 4) is 11.5 Å². The van der Waals surface area contributed by atoms with Crippen molar-refractivity contribution in [2.75, 3.05) is 6.54 Å². The Morgan fingerprint density at radius 2 is 1.71 bits per heavy atom. The lowest BCUT2D eigenvalue weighted by atomic mass is 9.98. The molecule has 2 aromatic rings. The van der Waals surface area contributed by atoms with Gasteiger partial charge in [0.15, 0.2) is 11.5 Å². The van der Waals surface area contributed by atoms with E-state index in [1.807, 2.05) is 37.3 Å². The zero-order chi connectivity index (χ0) is 20.8. The Morgan fingerprint density at radius 1 is 1.07 bits per heavy atom. The number of hydrogen-bond donors (Lipinski definition) is 4. The molecule has 0 saturated heterocycles. The van der Waals surface area contributed by atoms with Crippen LogP contribution in [0.2, 0.25) is 0 Å². The molecule has 1 atom stereocenters. The van der Waals surface area contributed by atoms with Gasteiger partial charge in [0, 0.05) is 6.54 Å². The molecule has 0 unspecified atom stereocenters. The Bertz CT molecular complexity index is 910. The van der Waals surface area contributed by atoms with Crippen LogP contribution in [0, 0.1) is 0 Å². The number of carbonyl (C=O) groups is 1. The first-order valence-electron chi connectivity index (χ1n) is 9.15. The van der Waals surface area contributed by atoms with Crippen LogP contribution in [-0.4, -0.2) is 27.8 Å². The maximum atomic E-state index is 12.8. The lowest BCUT2D eigenvalue weighted by Gasteiger charge is -2.15. The molecule has 0 bridgehead atoms. The fraction of sp³-hybridized carbons (Fsp3) is 0.261. The molecule has 0 aliphatic heterocycles. The number of aromatic hydroxyl groups is 2. The number of amides is 1. The summed E-state index contributed by atoms with van der Waals surface area (Å²) >= 11 is 0. The van der Waals surface area contributed by atoms with Crippen LogP contribution in [0.15, 0.2) is 59.4 Å². The summed E-state index contributed by atoms with van der Waals surface area (Å²) < 4.78 is 0. The number of phenols is 2. The molecule has 0 heterocycles. The van der Waals surface area contributed by atoms with Crippen LogP contribution in [0.4, 0.5) is 0 Å². The highest BCUT2D eigenvalue weighted by Gasteiger charge is 2.19. The average Bonchev–Trinajstić information content (AvgIpc) is 2.68. The predicted octanol–water partition coefficient (Wildman–Crippen LogP) is 4.89. The molecule has 0 aliphatic carbocycles. The molecule has 0 aliphatic rings. The van der Waals surface area contributed by atoms with Gasteiger partial charge in [-0.3, -0.25) is 4.79 Å². The van der Waals surface area contributed by atoms with Crippen molar-refractivity contribution in [2.45, 2.75) is 33.6 Å². The van der Waals surface area contributed by atoms with E-state index >= 15 is 0 Å². The SMILES string of the molecule is CC(=C/c1ccc(O)c(O)c1C(=O)NC[C@@H](C)c1ccccc1)/C(C)=C(\C)O. The topological polar surface area (TPSA) is 89.8 Å². The molecular weight excluding hydrogens is 354 g/mol. The maximum absolute atomic E-state index is 12.8. The number of carbonyl (C=O) groups excluding carboxylic acids is 1. The van der Waals surface area contributed by atoms with Gasteiger partial charge in [-0.25, -0.2) is 0 Å². The average molecular weight is 381 g/mol. The van der Waals surface area contributed by atoms with Crippen molar-refractivity contribution < 1.29 is 20.1 Å². The van der Waals surface area contributed by atoms with Crippen LogP contribution in [-0.2, 0) is 0 Å². The highest BCUT2D eigenvalue weighted by atomic mass is 16.3. The third kappa shape index (κ3) is 4.94. The first-order valence-corrected chi connectivity index (χ1v) is 9.15. The number of allylic oxidation sites excluding steroid dienone is 3. The van der Waals surface area contributed by atoms with Crippen LogP contribution in [0.5, 0.6) is 11.5 Å². The first-order chi connectivity index (χ1) is 13.2. The summed E-state index contributed by atoms with van der Waals surface area (Å²) in [6.07, 6.45) is 1.70. The van der Waals surface area contributed by atoms with E-state index in [9.17, 15) is 20.1 Å². The van der Waals surface area contributed by atoms with Gasteiger partial charge < -0.3 is 20.6 Å². The van der Waals surface area contributed by atoms with Crippen LogP contribution in [0.1, 0.15) is 55.1 Å². The minimum Gasteiger partial charge on any atom is -0.512 e. The summed E-state index contributed by atoms with van der Waals surface area (Å²) in [5, 5.41) is 32.7. The number of phenolic OH excluding ortho intramolecular Hbond substituents is 2. The van der Waals surface area contributed by atoms with Gasteiger partial charge in [-0.05, 0) is 55.0 Å². The third-order valence-electron chi connectivity index (χ3n) is 4.86. The fourth-order valence-corrected chi connectivity index (χ4v) is 2.82. The van der Waals surface area contributed by atoms with Gasteiger partial charge in [-0.1, -0.05) is 49.4 Å². The quantitative estimate of drug-likeness (QED) is 0.326. The molecule has 5 nitrogen and oxygen atoms in total. The smallest absolute Gasteiger partial charge is 0.255 e. The molecule has 1 amide bonds. The molecule has 2 rings (SSSR count). The number of benzene rings is 2. The lowest BCUT2D eigenvalue weighted by molar-refractivity contribution is 0.0948. The molecule has 2 aromatic carbocycles. The van der Waals surface area contributed by atoms with Crippen LogP contribution >= 0.6 is 0 Å². The molecule has 28 heavy (non-hydrogen) atoms. The largest absolute Gasteiger partial charge is 0.512 e. The van der Waals surface area contributed by atoms with Gasteiger partial charge in [0.25, 0.3) is 5.91 Å². The van der Waals surface area contributed by atoms with E-state index in [4.69, 9.17) is 0 Å². The molecular formula is C23H27NO4. The normalized spacial score (nSPS) is 13.6. The number of nitrogens with one attached hydrogen (secondary N) is 1. The van der Waals surface area contributed by atoms with Crippen LogP contribution in [0.25, 0.3) is 6.08 Å². The van der Waals surface area contributed by atoms with E-state index in [0.717, 1.165) is 11.1 Å². The van der Waals surface area contributed by atoms with Crippen LogP contribution < -0.4 is 5.32 Å². The van der Waals surface area contributed by atoms with Gasteiger partial charge >= 0.3 is 0 Å². The van der Waals surface area contributed by atoms with Gasteiger partial charge in [-0.2, -0.15) is 0 Å². The van der Waals surface area contributed by atoms with Crippen molar-refractivity contribution in [3.63, 3.8) is 0 Å². The number of hydrogen-bond acceptors (Lipinski definition) is 4. The van der Waals surface area contributed by atoms with Crippen molar-refractivity contribution >= 4 is 12.0 Å². The number of aliphatic hydroxyl groups is 1. The first kappa shape index (κ1) is 21.1. The molecule has 0 spiro atoms. The monoisotopic (exact) mass is 381 g/mol. The summed E-state index contributed by atoms with van der Waals surface area (Å²) in [6, 6.07) is 12.7. The van der Waals surface area contributed by atoms with Gasteiger partial charge in [-0.15, -0.1) is 0 Å². The second kappa shape index (κ2) is 9.13. The maximum Gasteiger partial charge on any atom is 0.255 e. The van der Waals surface area contributed by atoms with E-state index in [0.29, 0.717) is 17.7 Å². The van der Waals surface area contributed by atoms with Gasteiger partial charge in [0.2, 0.25) is 0 Å². The Kier molecular flexibility index (Phi) is 6.88. The van der Waals surface area contributed by atoms with Crippen molar-refractivity contribution in [3.05, 3.63) is 76.1 Å². The van der Waals surface area contributed by atoms with Crippen molar-refractivity contribution in [1.82, 2.24) is 5.32 Å². The minimum absolute atomic E-state index is 0.00278. The second-order valence-corrected chi connectivity index (χ2v) is 6.96. The van der Waals surface area contributed by atoms with E-state index in [1.54, 1.807) is 32.9 Å². The summed E-state index contributed by atoms with van der Waals surface area (Å²) in [6.45, 7) is 7.54. The molecule has 0 fully saturated rings. The summed E-state index contributed by atoms with van der Waals surface area (Å²) in [5.74, 6) is -1.03. The molecule has 0 radical (unpaired) electrons. The van der Waals surface area contributed by atoms with Gasteiger partial charge in [0.1, 0.15) is 0 Å². The second-order valence-electron chi connectivity index (χ2n) is 6.96. The Labute approximate surface area is 165 Å². The molecule has 0 aromatic heterocycles. The minimum atomic E-state index is -0.474. The zero-order valence-corrected chi connectivity index (χ0v) is 16.7. The van der Waals surface area contributed by atoms with E-state index in [-0.39, 0.29) is 23.0 Å². The molecule has 0 saturated carbocycles. The highest BCUT2D eigenvalue weighted by Crippen LogP contribution is 2.33. The Hall–Kier alpha value is -3.21. The number of aliphatic hydroxyl groups excluding tert-OH is 1. The summed E-state index contributed by atoms with van der Waals surface area (Å²) in [7, 11) is 0. The number of rotatable bonds is 6. The standard InChI is InChI=1S/C23H27NO4/c1-14(16(3)17(4)25)12-19-10-11-20(26)22(27)21(19)23(28)24-13-15(2)18-8-6-5-7-9-18/h5-12,15,25-27H,13H2,1-4H3,(H,24,28)/b14-12-,17-16+/t15-/m1/s1. The van der Waals surface area contributed by atoms with E-state index in [1.165, 1.54) is 6.07 Å². The van der Waals surface area contributed by atoms with Crippen molar-refractivity contribution in [2.24, 2.45) is 0 Å². The summed E-state index contributed by atoms with van der Waals surface area (Å²) in [5.41, 5.74) is 2.98.